The zero-order valence-electron chi connectivity index (χ0n) is 15.7. The molecule has 144 valence electrons. The molecule has 1 heterocycles. The van der Waals surface area contributed by atoms with Crippen molar-refractivity contribution in [2.75, 3.05) is 19.0 Å². The highest BCUT2D eigenvalue weighted by molar-refractivity contribution is 7.89. The second kappa shape index (κ2) is 7.70. The SMILES string of the molecule is COc1ccc(C)c(S(=O)(=O)N2CCCC2C(=O)Nc2ccc(C)cc2)c1. The molecule has 0 radical (unpaired) electrons. The van der Waals surface area contributed by atoms with Gasteiger partial charge in [-0.05, 0) is 50.5 Å². The summed E-state index contributed by atoms with van der Waals surface area (Å²) >= 11 is 0. The number of benzene rings is 2. The molecule has 1 unspecified atom stereocenters. The molecule has 0 aromatic heterocycles. The van der Waals surface area contributed by atoms with E-state index in [1.165, 1.54) is 17.5 Å². The summed E-state index contributed by atoms with van der Waals surface area (Å²) in [5.41, 5.74) is 2.37. The summed E-state index contributed by atoms with van der Waals surface area (Å²) < 4.78 is 32.9. The number of sulfonamides is 1. The van der Waals surface area contributed by atoms with Gasteiger partial charge in [-0.15, -0.1) is 0 Å². The van der Waals surface area contributed by atoms with E-state index in [9.17, 15) is 13.2 Å². The molecule has 2 aromatic carbocycles. The van der Waals surface area contributed by atoms with Gasteiger partial charge in [-0.2, -0.15) is 4.31 Å². The maximum atomic E-state index is 13.2. The molecule has 0 saturated carbocycles. The molecule has 0 bridgehead atoms. The third-order valence-corrected chi connectivity index (χ3v) is 6.86. The molecule has 1 saturated heterocycles. The topological polar surface area (TPSA) is 75.7 Å². The average Bonchev–Trinajstić information content (AvgIpc) is 3.15. The fourth-order valence-electron chi connectivity index (χ4n) is 3.26. The molecule has 7 heteroatoms. The number of nitrogens with zero attached hydrogens (tertiary/aromatic N) is 1. The molecular weight excluding hydrogens is 364 g/mol. The first-order chi connectivity index (χ1) is 12.8. The molecule has 6 nitrogen and oxygen atoms in total. The van der Waals surface area contributed by atoms with Crippen LogP contribution in [0.5, 0.6) is 5.75 Å². The Morgan fingerprint density at radius 1 is 1.15 bits per heavy atom. The summed E-state index contributed by atoms with van der Waals surface area (Å²) in [5.74, 6) is 0.166. The van der Waals surface area contributed by atoms with Gasteiger partial charge in [-0.1, -0.05) is 23.8 Å². The highest BCUT2D eigenvalue weighted by Gasteiger charge is 2.40. The van der Waals surface area contributed by atoms with E-state index >= 15 is 0 Å². The number of anilines is 1. The number of rotatable bonds is 5. The molecule has 1 aliphatic heterocycles. The molecule has 1 amide bonds. The van der Waals surface area contributed by atoms with Crippen LogP contribution in [0, 0.1) is 13.8 Å². The summed E-state index contributed by atoms with van der Waals surface area (Å²) in [5, 5.41) is 2.83. The van der Waals surface area contributed by atoms with Crippen LogP contribution in [0.3, 0.4) is 0 Å². The Balaban J connectivity index is 1.86. The fraction of sp³-hybridized carbons (Fsp3) is 0.350. The number of amides is 1. The fourth-order valence-corrected chi connectivity index (χ4v) is 5.16. The van der Waals surface area contributed by atoms with Gasteiger partial charge in [0, 0.05) is 18.3 Å². The molecule has 1 aliphatic rings. The second-order valence-electron chi connectivity index (χ2n) is 6.76. The minimum absolute atomic E-state index is 0.178. The molecule has 1 fully saturated rings. The van der Waals surface area contributed by atoms with E-state index in [1.54, 1.807) is 19.1 Å². The Kier molecular flexibility index (Phi) is 5.53. The van der Waals surface area contributed by atoms with E-state index < -0.39 is 16.1 Å². The van der Waals surface area contributed by atoms with Crippen molar-refractivity contribution in [1.29, 1.82) is 0 Å². The quantitative estimate of drug-likeness (QED) is 0.854. The summed E-state index contributed by atoms with van der Waals surface area (Å²) in [6, 6.07) is 11.7. The Bertz CT molecular complexity index is 939. The van der Waals surface area contributed by atoms with E-state index in [0.29, 0.717) is 36.4 Å². The van der Waals surface area contributed by atoms with E-state index in [4.69, 9.17) is 4.74 Å². The van der Waals surface area contributed by atoms with Crippen molar-refractivity contribution in [2.45, 2.75) is 37.6 Å². The average molecular weight is 388 g/mol. The highest BCUT2D eigenvalue weighted by atomic mass is 32.2. The molecule has 1 atom stereocenters. The van der Waals surface area contributed by atoms with Crippen LogP contribution < -0.4 is 10.1 Å². The highest BCUT2D eigenvalue weighted by Crippen LogP contribution is 2.30. The molecule has 3 rings (SSSR count). The molecular formula is C20H24N2O4S. The van der Waals surface area contributed by atoms with Crippen molar-refractivity contribution in [1.82, 2.24) is 4.31 Å². The number of ether oxygens (including phenoxy) is 1. The first-order valence-electron chi connectivity index (χ1n) is 8.87. The first-order valence-corrected chi connectivity index (χ1v) is 10.3. The number of hydrogen-bond donors (Lipinski definition) is 1. The zero-order valence-corrected chi connectivity index (χ0v) is 16.5. The van der Waals surface area contributed by atoms with Gasteiger partial charge >= 0.3 is 0 Å². The standard InChI is InChI=1S/C20H24N2O4S/c1-14-6-9-16(10-7-14)21-20(23)18-5-4-12-22(18)27(24,25)19-13-17(26-3)11-8-15(19)2/h6-11,13,18H,4-5,12H2,1-3H3,(H,21,23). The predicted molar refractivity (Wildman–Crippen MR) is 104 cm³/mol. The lowest BCUT2D eigenvalue weighted by Gasteiger charge is -2.24. The molecule has 2 aromatic rings. The van der Waals surface area contributed by atoms with Crippen LogP contribution in [-0.2, 0) is 14.8 Å². The second-order valence-corrected chi connectivity index (χ2v) is 8.62. The van der Waals surface area contributed by atoms with Gasteiger partial charge in [-0.3, -0.25) is 4.79 Å². The van der Waals surface area contributed by atoms with Crippen LogP contribution in [0.1, 0.15) is 24.0 Å². The Labute approximate surface area is 160 Å². The van der Waals surface area contributed by atoms with Crippen LogP contribution in [0.2, 0.25) is 0 Å². The lowest BCUT2D eigenvalue weighted by atomic mass is 10.2. The summed E-state index contributed by atoms with van der Waals surface area (Å²) in [7, 11) is -2.31. The van der Waals surface area contributed by atoms with Gasteiger partial charge in [0.15, 0.2) is 0 Å². The molecule has 27 heavy (non-hydrogen) atoms. The van der Waals surface area contributed by atoms with Gasteiger partial charge in [-0.25, -0.2) is 8.42 Å². The van der Waals surface area contributed by atoms with Crippen molar-refractivity contribution in [3.05, 3.63) is 53.6 Å². The summed E-state index contributed by atoms with van der Waals surface area (Å²) in [6.45, 7) is 4.03. The van der Waals surface area contributed by atoms with Crippen LogP contribution >= 0.6 is 0 Å². The predicted octanol–water partition coefficient (Wildman–Crippen LogP) is 3.10. The largest absolute Gasteiger partial charge is 0.497 e. The zero-order chi connectivity index (χ0) is 19.6. The Hall–Kier alpha value is -2.38. The smallest absolute Gasteiger partial charge is 0.244 e. The summed E-state index contributed by atoms with van der Waals surface area (Å²) in [6.07, 6.45) is 1.15. The number of carbonyl (C=O) groups is 1. The lowest BCUT2D eigenvalue weighted by molar-refractivity contribution is -0.119. The number of carbonyl (C=O) groups excluding carboxylic acids is 1. The maximum Gasteiger partial charge on any atom is 0.244 e. The van der Waals surface area contributed by atoms with Gasteiger partial charge < -0.3 is 10.1 Å². The molecule has 0 aliphatic carbocycles. The van der Waals surface area contributed by atoms with Crippen molar-refractivity contribution in [3.63, 3.8) is 0 Å². The van der Waals surface area contributed by atoms with Crippen molar-refractivity contribution in [3.8, 4) is 5.75 Å². The summed E-state index contributed by atoms with van der Waals surface area (Å²) in [4.78, 5) is 12.9. The van der Waals surface area contributed by atoms with Crippen molar-refractivity contribution < 1.29 is 17.9 Å². The number of hydrogen-bond acceptors (Lipinski definition) is 4. The maximum absolute atomic E-state index is 13.2. The van der Waals surface area contributed by atoms with E-state index in [-0.39, 0.29) is 10.8 Å². The third-order valence-electron chi connectivity index (χ3n) is 4.81. The molecule has 0 spiro atoms. The van der Waals surface area contributed by atoms with Crippen LogP contribution in [0.25, 0.3) is 0 Å². The normalized spacial score (nSPS) is 17.7. The Morgan fingerprint density at radius 3 is 2.52 bits per heavy atom. The molecule has 1 N–H and O–H groups in total. The van der Waals surface area contributed by atoms with Crippen molar-refractivity contribution >= 4 is 21.6 Å². The third kappa shape index (κ3) is 3.99. The number of methoxy groups -OCH3 is 1. The lowest BCUT2D eigenvalue weighted by Crippen LogP contribution is -2.43. The van der Waals surface area contributed by atoms with Gasteiger partial charge in [0.2, 0.25) is 15.9 Å². The number of aryl methyl sites for hydroxylation is 2. The monoisotopic (exact) mass is 388 g/mol. The van der Waals surface area contributed by atoms with Crippen LogP contribution in [0.4, 0.5) is 5.69 Å². The first kappa shape index (κ1) is 19.4. The Morgan fingerprint density at radius 2 is 1.85 bits per heavy atom. The van der Waals surface area contributed by atoms with E-state index in [2.05, 4.69) is 5.32 Å². The van der Waals surface area contributed by atoms with Gasteiger partial charge in [0.05, 0.1) is 12.0 Å². The number of nitrogens with one attached hydrogen (secondary N) is 1. The van der Waals surface area contributed by atoms with E-state index in [0.717, 1.165) is 5.56 Å². The van der Waals surface area contributed by atoms with Gasteiger partial charge in [0.25, 0.3) is 0 Å². The minimum Gasteiger partial charge on any atom is -0.497 e. The van der Waals surface area contributed by atoms with Gasteiger partial charge in [0.1, 0.15) is 11.8 Å². The minimum atomic E-state index is -3.80. The van der Waals surface area contributed by atoms with Crippen LogP contribution in [0.15, 0.2) is 47.4 Å². The van der Waals surface area contributed by atoms with Crippen LogP contribution in [-0.4, -0.2) is 38.3 Å². The van der Waals surface area contributed by atoms with E-state index in [1.807, 2.05) is 31.2 Å². The van der Waals surface area contributed by atoms with Crippen molar-refractivity contribution in [2.24, 2.45) is 0 Å².